The van der Waals surface area contributed by atoms with Gasteiger partial charge < -0.3 is 9.80 Å². The lowest BCUT2D eigenvalue weighted by atomic mass is 10.5. The fraction of sp³-hybridized carbons (Fsp3) is 0.556. The second kappa shape index (κ2) is 4.77. The molecular weight excluding hydrogens is 164 g/mol. The van der Waals surface area contributed by atoms with Crippen molar-refractivity contribution in [3.05, 3.63) is 18.5 Å². The molecule has 0 saturated carbocycles. The first-order chi connectivity index (χ1) is 6.20. The second-order valence-electron chi connectivity index (χ2n) is 3.21. The van der Waals surface area contributed by atoms with Gasteiger partial charge in [-0.2, -0.15) is 0 Å². The first-order valence-corrected chi connectivity index (χ1v) is 4.24. The number of nitrogens with zero attached hydrogens (tertiary/aromatic N) is 4. The predicted molar refractivity (Wildman–Crippen MR) is 52.7 cm³/mol. The third kappa shape index (κ3) is 3.38. The van der Waals surface area contributed by atoms with Gasteiger partial charge in [-0.15, -0.1) is 0 Å². The maximum atomic E-state index is 4.10. The molecule has 4 heteroatoms. The van der Waals surface area contributed by atoms with Crippen molar-refractivity contribution in [3.63, 3.8) is 0 Å². The quantitative estimate of drug-likeness (QED) is 0.664. The molecule has 0 aliphatic carbocycles. The molecule has 0 bridgehead atoms. The molecule has 0 aromatic carbocycles. The number of rotatable bonds is 4. The summed E-state index contributed by atoms with van der Waals surface area (Å²) in [5.74, 6) is 0.751. The van der Waals surface area contributed by atoms with E-state index in [-0.39, 0.29) is 0 Å². The van der Waals surface area contributed by atoms with Gasteiger partial charge in [0.1, 0.15) is 0 Å². The number of hydrogen-bond acceptors (Lipinski definition) is 4. The summed E-state index contributed by atoms with van der Waals surface area (Å²) in [6.45, 7) is 1.93. The van der Waals surface area contributed by atoms with Crippen molar-refractivity contribution in [1.82, 2.24) is 14.9 Å². The lowest BCUT2D eigenvalue weighted by Gasteiger charge is -2.18. The van der Waals surface area contributed by atoms with Gasteiger partial charge in [0.05, 0.1) is 0 Å². The van der Waals surface area contributed by atoms with Crippen LogP contribution in [-0.2, 0) is 0 Å². The molecule has 71 valence electrons. The summed E-state index contributed by atoms with van der Waals surface area (Å²) in [5, 5.41) is 0. The van der Waals surface area contributed by atoms with E-state index in [0.29, 0.717) is 0 Å². The number of likely N-dealkylation sites (N-methyl/N-ethyl adjacent to an activating group) is 2. The zero-order valence-corrected chi connectivity index (χ0v) is 8.36. The van der Waals surface area contributed by atoms with Gasteiger partial charge in [0, 0.05) is 38.6 Å². The predicted octanol–water partition coefficient (Wildman–Crippen LogP) is 0.275. The molecule has 1 aromatic rings. The van der Waals surface area contributed by atoms with Gasteiger partial charge >= 0.3 is 0 Å². The Balaban J connectivity index is 2.44. The van der Waals surface area contributed by atoms with Crippen LogP contribution in [0.3, 0.4) is 0 Å². The summed E-state index contributed by atoms with van der Waals surface area (Å²) >= 11 is 0. The van der Waals surface area contributed by atoms with Crippen LogP contribution >= 0.6 is 0 Å². The Bertz CT molecular complexity index is 235. The average Bonchev–Trinajstić information content (AvgIpc) is 2.15. The van der Waals surface area contributed by atoms with Crippen molar-refractivity contribution in [2.75, 3.05) is 39.1 Å². The van der Waals surface area contributed by atoms with Crippen LogP contribution in [-0.4, -0.2) is 49.1 Å². The normalized spacial score (nSPS) is 10.5. The maximum absolute atomic E-state index is 4.10. The van der Waals surface area contributed by atoms with E-state index in [1.807, 2.05) is 26.0 Å². The molecular formula is C9H15N4. The smallest absolute Gasteiger partial charge is 0.225 e. The van der Waals surface area contributed by atoms with Crippen molar-refractivity contribution in [2.24, 2.45) is 0 Å². The molecule has 1 heterocycles. The van der Waals surface area contributed by atoms with Crippen LogP contribution in [0.25, 0.3) is 0 Å². The third-order valence-corrected chi connectivity index (χ3v) is 1.73. The molecule has 0 saturated heterocycles. The summed E-state index contributed by atoms with van der Waals surface area (Å²) in [6.07, 6.45) is 3.27. The minimum Gasteiger partial charge on any atom is -0.343 e. The van der Waals surface area contributed by atoms with Crippen LogP contribution in [0.4, 0.5) is 5.95 Å². The summed E-state index contributed by atoms with van der Waals surface area (Å²) < 4.78 is 0. The lowest BCUT2D eigenvalue weighted by molar-refractivity contribution is 0.415. The first-order valence-electron chi connectivity index (χ1n) is 4.24. The Morgan fingerprint density at radius 3 is 2.31 bits per heavy atom. The van der Waals surface area contributed by atoms with Crippen LogP contribution in [0.15, 0.2) is 12.4 Å². The topological polar surface area (TPSA) is 32.3 Å². The molecule has 0 unspecified atom stereocenters. The molecule has 0 aliphatic heterocycles. The van der Waals surface area contributed by atoms with E-state index in [1.165, 1.54) is 0 Å². The Hall–Kier alpha value is -1.16. The molecule has 0 fully saturated rings. The highest BCUT2D eigenvalue weighted by Crippen LogP contribution is 2.00. The Morgan fingerprint density at radius 1 is 1.15 bits per heavy atom. The van der Waals surface area contributed by atoms with Crippen molar-refractivity contribution >= 4 is 5.95 Å². The monoisotopic (exact) mass is 179 g/mol. The Labute approximate surface area is 79.2 Å². The SMILES string of the molecule is CN(C)CCN(C)c1nc[c]cn1. The fourth-order valence-corrected chi connectivity index (χ4v) is 0.904. The zero-order valence-electron chi connectivity index (χ0n) is 8.36. The zero-order chi connectivity index (χ0) is 9.68. The standard InChI is InChI=1S/C9H15N4/c1-12(2)7-8-13(3)9-10-5-4-6-11-9/h5-6H,7-8H2,1-3H3. The minimum absolute atomic E-state index is 0.751. The van der Waals surface area contributed by atoms with Crippen molar-refractivity contribution in [3.8, 4) is 0 Å². The summed E-state index contributed by atoms with van der Waals surface area (Å²) in [6, 6.07) is 2.79. The van der Waals surface area contributed by atoms with Crippen molar-refractivity contribution < 1.29 is 0 Å². The maximum Gasteiger partial charge on any atom is 0.225 e. The van der Waals surface area contributed by atoms with Gasteiger partial charge in [-0.1, -0.05) is 0 Å². The highest BCUT2D eigenvalue weighted by Gasteiger charge is 2.02. The molecule has 0 spiro atoms. The van der Waals surface area contributed by atoms with Crippen molar-refractivity contribution in [2.45, 2.75) is 0 Å². The van der Waals surface area contributed by atoms with E-state index in [2.05, 4.69) is 20.9 Å². The van der Waals surface area contributed by atoms with Crippen LogP contribution in [0, 0.1) is 6.07 Å². The molecule has 1 aromatic heterocycles. The highest BCUT2D eigenvalue weighted by molar-refractivity contribution is 5.25. The molecule has 1 radical (unpaired) electrons. The lowest BCUT2D eigenvalue weighted by Crippen LogP contribution is -2.29. The summed E-state index contributed by atoms with van der Waals surface area (Å²) in [5.41, 5.74) is 0. The number of hydrogen-bond donors (Lipinski definition) is 0. The van der Waals surface area contributed by atoms with Crippen LogP contribution in [0.1, 0.15) is 0 Å². The molecule has 0 N–H and O–H groups in total. The molecule has 0 aliphatic rings. The second-order valence-corrected chi connectivity index (χ2v) is 3.21. The van der Waals surface area contributed by atoms with E-state index in [0.717, 1.165) is 19.0 Å². The Kier molecular flexibility index (Phi) is 3.64. The number of anilines is 1. The highest BCUT2D eigenvalue weighted by atomic mass is 15.2. The largest absolute Gasteiger partial charge is 0.343 e. The van der Waals surface area contributed by atoms with Crippen LogP contribution in [0.2, 0.25) is 0 Å². The summed E-state index contributed by atoms with van der Waals surface area (Å²) in [7, 11) is 6.08. The molecule has 13 heavy (non-hydrogen) atoms. The van der Waals surface area contributed by atoms with E-state index in [9.17, 15) is 0 Å². The molecule has 1 rings (SSSR count). The summed E-state index contributed by atoms with van der Waals surface area (Å²) in [4.78, 5) is 12.3. The van der Waals surface area contributed by atoms with Crippen LogP contribution in [0.5, 0.6) is 0 Å². The van der Waals surface area contributed by atoms with Gasteiger partial charge in [-0.25, -0.2) is 9.97 Å². The molecule has 0 amide bonds. The first kappa shape index (κ1) is 9.92. The molecule has 0 atom stereocenters. The van der Waals surface area contributed by atoms with Gasteiger partial charge in [-0.3, -0.25) is 0 Å². The van der Waals surface area contributed by atoms with E-state index in [1.54, 1.807) is 12.4 Å². The average molecular weight is 179 g/mol. The van der Waals surface area contributed by atoms with E-state index >= 15 is 0 Å². The van der Waals surface area contributed by atoms with Crippen LogP contribution < -0.4 is 4.90 Å². The minimum atomic E-state index is 0.751. The number of aromatic nitrogens is 2. The van der Waals surface area contributed by atoms with Gasteiger partial charge in [-0.05, 0) is 14.1 Å². The Morgan fingerprint density at radius 2 is 1.77 bits per heavy atom. The van der Waals surface area contributed by atoms with E-state index in [4.69, 9.17) is 0 Å². The van der Waals surface area contributed by atoms with E-state index < -0.39 is 0 Å². The third-order valence-electron chi connectivity index (χ3n) is 1.73. The van der Waals surface area contributed by atoms with Gasteiger partial charge in [0.2, 0.25) is 5.95 Å². The van der Waals surface area contributed by atoms with Gasteiger partial charge in [0.15, 0.2) is 0 Å². The molecule has 4 nitrogen and oxygen atoms in total. The van der Waals surface area contributed by atoms with Gasteiger partial charge in [0.25, 0.3) is 0 Å². The fourth-order valence-electron chi connectivity index (χ4n) is 0.904. The van der Waals surface area contributed by atoms with Crippen molar-refractivity contribution in [1.29, 1.82) is 0 Å².